The van der Waals surface area contributed by atoms with Crippen molar-refractivity contribution >= 4 is 39.1 Å². The van der Waals surface area contributed by atoms with E-state index in [0.29, 0.717) is 31.6 Å². The third-order valence-electron chi connectivity index (χ3n) is 7.55. The highest BCUT2D eigenvalue weighted by Gasteiger charge is 2.38. The second-order valence-corrected chi connectivity index (χ2v) is 11.6. The number of fused-ring (bicyclic) bond motifs is 2. The molecule has 9 nitrogen and oxygen atoms in total. The number of carbonyl (C=O) groups excluding carboxylic acids is 3. The first-order valence-electron chi connectivity index (χ1n) is 13.8. The molecule has 0 saturated carbocycles. The summed E-state index contributed by atoms with van der Waals surface area (Å²) in [6, 6.07) is 12.5. The van der Waals surface area contributed by atoms with E-state index in [-0.39, 0.29) is 30.1 Å². The maximum absolute atomic E-state index is 14.0. The summed E-state index contributed by atoms with van der Waals surface area (Å²) in [7, 11) is 1.65. The Morgan fingerprint density at radius 3 is 2.71 bits per heavy atom. The lowest BCUT2D eigenvalue weighted by molar-refractivity contribution is -0.145. The Morgan fingerprint density at radius 1 is 1.17 bits per heavy atom. The topological polar surface area (TPSA) is 116 Å². The molecule has 2 aromatic carbocycles. The van der Waals surface area contributed by atoms with Crippen LogP contribution in [-0.2, 0) is 40.2 Å². The number of aromatic amines is 1. The highest BCUT2D eigenvalue weighted by molar-refractivity contribution is 7.17. The number of ether oxygens (including phenoxy) is 1. The number of H-pyrrole nitrogens is 1. The zero-order valence-electron chi connectivity index (χ0n) is 23.5. The van der Waals surface area contributed by atoms with Gasteiger partial charge in [0.2, 0.25) is 17.7 Å². The molecule has 0 unspecified atom stereocenters. The van der Waals surface area contributed by atoms with Crippen LogP contribution in [0, 0.1) is 5.92 Å². The number of nitrogens with zero attached hydrogens (tertiary/aromatic N) is 2. The number of nitrogens with one attached hydrogen (secondary N) is 3. The number of aromatic nitrogens is 2. The molecule has 0 aliphatic carbocycles. The summed E-state index contributed by atoms with van der Waals surface area (Å²) in [5, 5.41) is 9.25. The number of hydrogen-bond donors (Lipinski definition) is 3. The number of imidazole rings is 1. The van der Waals surface area contributed by atoms with E-state index in [9.17, 15) is 14.4 Å². The maximum Gasteiger partial charge on any atom is 0.246 e. The molecule has 0 fully saturated rings. The Kier molecular flexibility index (Phi) is 8.68. The van der Waals surface area contributed by atoms with E-state index in [1.54, 1.807) is 29.5 Å². The summed E-state index contributed by atoms with van der Waals surface area (Å²) in [5.74, 6) is -0.0793. The van der Waals surface area contributed by atoms with Gasteiger partial charge in [-0.3, -0.25) is 14.4 Å². The second kappa shape index (κ2) is 12.6. The number of carbonyl (C=O) groups is 3. The van der Waals surface area contributed by atoms with E-state index >= 15 is 0 Å². The van der Waals surface area contributed by atoms with Crippen LogP contribution < -0.4 is 15.4 Å². The maximum atomic E-state index is 14.0. The lowest BCUT2D eigenvalue weighted by Gasteiger charge is -2.38. The molecule has 3 heterocycles. The van der Waals surface area contributed by atoms with Gasteiger partial charge in [0.25, 0.3) is 0 Å². The molecule has 0 saturated heterocycles. The SMILES string of the molecule is COc1ccc2c(CCNC(=O)[C@@H]3Cc4ccccc4CN3C(=O)[C@@H](NC(=O)Cc3cnc[nH]3)C(C)C)csc2c1. The molecule has 1 aliphatic heterocycles. The Hall–Kier alpha value is -4.18. The summed E-state index contributed by atoms with van der Waals surface area (Å²) in [6.07, 6.45) is 4.28. The number of thiophene rings is 1. The predicted molar refractivity (Wildman–Crippen MR) is 159 cm³/mol. The van der Waals surface area contributed by atoms with Gasteiger partial charge in [-0.05, 0) is 58.0 Å². The van der Waals surface area contributed by atoms with Gasteiger partial charge in [0, 0.05) is 36.1 Å². The molecule has 2 aromatic heterocycles. The van der Waals surface area contributed by atoms with Crippen molar-refractivity contribution in [1.82, 2.24) is 25.5 Å². The normalized spacial score (nSPS) is 15.4. The number of amides is 3. The van der Waals surface area contributed by atoms with Crippen LogP contribution in [0.4, 0.5) is 0 Å². The summed E-state index contributed by atoms with van der Waals surface area (Å²) in [4.78, 5) is 48.9. The first-order valence-corrected chi connectivity index (χ1v) is 14.7. The van der Waals surface area contributed by atoms with Crippen LogP contribution in [0.2, 0.25) is 0 Å². The highest BCUT2D eigenvalue weighted by atomic mass is 32.1. The van der Waals surface area contributed by atoms with Crippen LogP contribution in [0.15, 0.2) is 60.4 Å². The van der Waals surface area contributed by atoms with Crippen molar-refractivity contribution < 1.29 is 19.1 Å². The van der Waals surface area contributed by atoms with E-state index in [1.807, 2.05) is 56.3 Å². The van der Waals surface area contributed by atoms with E-state index in [2.05, 4.69) is 26.0 Å². The molecule has 41 heavy (non-hydrogen) atoms. The molecular weight excluding hydrogens is 538 g/mol. The minimum Gasteiger partial charge on any atom is -0.497 e. The second-order valence-electron chi connectivity index (χ2n) is 10.7. The van der Waals surface area contributed by atoms with Crippen molar-refractivity contribution in [2.75, 3.05) is 13.7 Å². The van der Waals surface area contributed by atoms with Crippen LogP contribution in [-0.4, -0.2) is 58.3 Å². The van der Waals surface area contributed by atoms with E-state index in [4.69, 9.17) is 4.74 Å². The van der Waals surface area contributed by atoms with Crippen molar-refractivity contribution in [1.29, 1.82) is 0 Å². The third kappa shape index (κ3) is 6.43. The van der Waals surface area contributed by atoms with Gasteiger partial charge in [-0.1, -0.05) is 38.1 Å². The van der Waals surface area contributed by atoms with Gasteiger partial charge in [0.05, 0.1) is 19.9 Å². The average Bonchev–Trinajstić information content (AvgIpc) is 3.64. The monoisotopic (exact) mass is 573 g/mol. The van der Waals surface area contributed by atoms with Gasteiger partial charge in [-0.2, -0.15) is 0 Å². The Balaban J connectivity index is 1.30. The highest BCUT2D eigenvalue weighted by Crippen LogP contribution is 2.30. The summed E-state index contributed by atoms with van der Waals surface area (Å²) >= 11 is 1.65. The fraction of sp³-hybridized carbons (Fsp3) is 0.355. The molecule has 5 rings (SSSR count). The molecule has 3 amide bonds. The zero-order chi connectivity index (χ0) is 28.9. The van der Waals surface area contributed by atoms with Crippen molar-refractivity contribution in [3.05, 3.63) is 82.8 Å². The van der Waals surface area contributed by atoms with E-state index < -0.39 is 12.1 Å². The van der Waals surface area contributed by atoms with Gasteiger partial charge in [-0.25, -0.2) is 4.98 Å². The van der Waals surface area contributed by atoms with Gasteiger partial charge in [-0.15, -0.1) is 11.3 Å². The first kappa shape index (κ1) is 28.4. The average molecular weight is 574 g/mol. The minimum atomic E-state index is -0.764. The van der Waals surface area contributed by atoms with Crippen molar-refractivity contribution in [2.45, 2.75) is 51.7 Å². The third-order valence-corrected chi connectivity index (χ3v) is 8.54. The van der Waals surface area contributed by atoms with Crippen LogP contribution in [0.5, 0.6) is 5.75 Å². The summed E-state index contributed by atoms with van der Waals surface area (Å²) in [6.45, 7) is 4.55. The van der Waals surface area contributed by atoms with Gasteiger partial charge >= 0.3 is 0 Å². The molecule has 4 aromatic rings. The number of benzene rings is 2. The lowest BCUT2D eigenvalue weighted by Crippen LogP contribution is -2.59. The molecule has 0 bridgehead atoms. The molecule has 0 spiro atoms. The standard InChI is InChI=1S/C31H35N5O4S/c1-19(2)29(35-28(37)13-23-15-32-18-34-23)31(39)36-16-21-7-5-4-6-20(21)12-26(36)30(38)33-11-10-22-17-41-27-14-24(40-3)8-9-25(22)27/h4-9,14-15,17-19,26,29H,10-13,16H2,1-3H3,(H,32,34)(H,33,38)(H,35,37)/t26-,29-/m0/s1. The molecular formula is C31H35N5O4S. The Bertz CT molecular complexity index is 1530. The van der Waals surface area contributed by atoms with Crippen LogP contribution >= 0.6 is 11.3 Å². The Labute approximate surface area is 243 Å². The molecule has 2 atom stereocenters. The molecule has 3 N–H and O–H groups in total. The predicted octanol–water partition coefficient (Wildman–Crippen LogP) is 3.63. The first-order chi connectivity index (χ1) is 19.8. The summed E-state index contributed by atoms with van der Waals surface area (Å²) < 4.78 is 6.47. The fourth-order valence-corrected chi connectivity index (χ4v) is 6.31. The van der Waals surface area contributed by atoms with Gasteiger partial charge in [0.1, 0.15) is 17.8 Å². The van der Waals surface area contributed by atoms with Crippen LogP contribution in [0.25, 0.3) is 10.1 Å². The zero-order valence-corrected chi connectivity index (χ0v) is 24.3. The van der Waals surface area contributed by atoms with Crippen LogP contribution in [0.3, 0.4) is 0 Å². The van der Waals surface area contributed by atoms with Crippen LogP contribution in [0.1, 0.15) is 36.2 Å². The number of rotatable bonds is 10. The molecule has 10 heteroatoms. The van der Waals surface area contributed by atoms with E-state index in [0.717, 1.165) is 32.5 Å². The number of methoxy groups -OCH3 is 1. The summed E-state index contributed by atoms with van der Waals surface area (Å²) in [5.41, 5.74) is 3.89. The molecule has 0 radical (unpaired) electrons. The number of hydrogen-bond acceptors (Lipinski definition) is 6. The van der Waals surface area contributed by atoms with Crippen molar-refractivity contribution in [3.63, 3.8) is 0 Å². The lowest BCUT2D eigenvalue weighted by atomic mass is 9.91. The molecule has 1 aliphatic rings. The van der Waals surface area contributed by atoms with Gasteiger partial charge < -0.3 is 25.3 Å². The minimum absolute atomic E-state index is 0.0906. The van der Waals surface area contributed by atoms with Gasteiger partial charge in [0.15, 0.2) is 0 Å². The largest absolute Gasteiger partial charge is 0.497 e. The van der Waals surface area contributed by atoms with E-state index in [1.165, 1.54) is 6.33 Å². The van der Waals surface area contributed by atoms with Crippen molar-refractivity contribution in [2.24, 2.45) is 5.92 Å². The fourth-order valence-electron chi connectivity index (χ4n) is 5.28. The smallest absolute Gasteiger partial charge is 0.246 e. The quantitative estimate of drug-likeness (QED) is 0.268. The van der Waals surface area contributed by atoms with Crippen molar-refractivity contribution in [3.8, 4) is 5.75 Å². The Morgan fingerprint density at radius 2 is 1.98 bits per heavy atom. The molecule has 214 valence electrons.